The zero-order valence-electron chi connectivity index (χ0n) is 15.3. The number of furan rings is 1. The summed E-state index contributed by atoms with van der Waals surface area (Å²) in [7, 11) is 0. The van der Waals surface area contributed by atoms with Crippen LogP contribution in [0.25, 0.3) is 17.4 Å². The van der Waals surface area contributed by atoms with Crippen LogP contribution in [-0.4, -0.2) is 11.1 Å². The Morgan fingerprint density at radius 3 is 2.55 bits per heavy atom. The maximum absolute atomic E-state index is 12.9. The van der Waals surface area contributed by atoms with Gasteiger partial charge in [-0.1, -0.05) is 35.3 Å². The van der Waals surface area contributed by atoms with Crippen molar-refractivity contribution >= 4 is 57.8 Å². The summed E-state index contributed by atoms with van der Waals surface area (Å²) in [6.07, 6.45) is -3.02. The van der Waals surface area contributed by atoms with Crippen LogP contribution in [0.4, 0.5) is 18.9 Å². The molecule has 2 aromatic carbocycles. The van der Waals surface area contributed by atoms with E-state index >= 15 is 0 Å². The standard InChI is InChI=1S/C21H11Cl2F3N2O2S/c22-14-4-2-1-3-13(14)17-8-6-12(30-17)10-18-19(29)28-20(31-18)27-16-9-11(21(24,25)26)5-7-15(16)23/h1-10H,(H,27,28,29). The van der Waals surface area contributed by atoms with Crippen LogP contribution in [0.5, 0.6) is 0 Å². The predicted molar refractivity (Wildman–Crippen MR) is 116 cm³/mol. The number of thioether (sulfide) groups is 1. The molecule has 2 heterocycles. The Morgan fingerprint density at radius 1 is 1.03 bits per heavy atom. The van der Waals surface area contributed by atoms with Gasteiger partial charge in [0, 0.05) is 11.6 Å². The topological polar surface area (TPSA) is 54.6 Å². The lowest BCUT2D eigenvalue weighted by atomic mass is 10.2. The van der Waals surface area contributed by atoms with Crippen molar-refractivity contribution in [3.8, 4) is 11.3 Å². The number of hydrogen-bond acceptors (Lipinski definition) is 4. The van der Waals surface area contributed by atoms with Gasteiger partial charge in [0.2, 0.25) is 0 Å². The third kappa shape index (κ3) is 4.81. The first-order chi connectivity index (χ1) is 14.7. The van der Waals surface area contributed by atoms with Crippen molar-refractivity contribution in [3.05, 3.63) is 80.9 Å². The van der Waals surface area contributed by atoms with Gasteiger partial charge in [-0.15, -0.1) is 0 Å². The summed E-state index contributed by atoms with van der Waals surface area (Å²) < 4.78 is 44.6. The summed E-state index contributed by atoms with van der Waals surface area (Å²) in [5, 5.41) is 3.17. The Balaban J connectivity index is 1.58. The van der Waals surface area contributed by atoms with E-state index in [1.165, 1.54) is 6.08 Å². The highest BCUT2D eigenvalue weighted by atomic mass is 35.5. The van der Waals surface area contributed by atoms with Gasteiger partial charge in [0.25, 0.3) is 5.91 Å². The normalized spacial score (nSPS) is 16.9. The summed E-state index contributed by atoms with van der Waals surface area (Å²) >= 11 is 13.1. The van der Waals surface area contributed by atoms with E-state index in [2.05, 4.69) is 10.3 Å². The number of nitrogens with one attached hydrogen (secondary N) is 1. The summed E-state index contributed by atoms with van der Waals surface area (Å²) in [5.74, 6) is 0.485. The molecule has 3 aromatic rings. The van der Waals surface area contributed by atoms with Gasteiger partial charge in [0.05, 0.1) is 26.2 Å². The largest absolute Gasteiger partial charge is 0.457 e. The molecule has 4 nitrogen and oxygen atoms in total. The van der Waals surface area contributed by atoms with Crippen molar-refractivity contribution in [2.24, 2.45) is 4.99 Å². The first-order valence-electron chi connectivity index (χ1n) is 8.72. The second kappa shape index (κ2) is 8.45. The summed E-state index contributed by atoms with van der Waals surface area (Å²) in [6, 6.07) is 13.4. The second-order valence-corrected chi connectivity index (χ2v) is 8.17. The number of aliphatic imine (C=N–C) groups is 1. The summed E-state index contributed by atoms with van der Waals surface area (Å²) in [6.45, 7) is 0. The molecule has 1 aliphatic heterocycles. The molecule has 4 rings (SSSR count). The molecule has 0 unspecified atom stereocenters. The van der Waals surface area contributed by atoms with Crippen molar-refractivity contribution in [2.45, 2.75) is 6.18 Å². The predicted octanol–water partition coefficient (Wildman–Crippen LogP) is 7.16. The van der Waals surface area contributed by atoms with E-state index in [-0.39, 0.29) is 20.8 Å². The zero-order chi connectivity index (χ0) is 22.2. The number of amides is 1. The van der Waals surface area contributed by atoms with Gasteiger partial charge >= 0.3 is 6.18 Å². The van der Waals surface area contributed by atoms with Crippen LogP contribution in [0.1, 0.15) is 11.3 Å². The molecule has 1 amide bonds. The lowest BCUT2D eigenvalue weighted by molar-refractivity contribution is -0.137. The van der Waals surface area contributed by atoms with Crippen molar-refractivity contribution in [1.29, 1.82) is 0 Å². The molecule has 10 heteroatoms. The number of hydrogen-bond donors (Lipinski definition) is 1. The molecule has 0 aliphatic carbocycles. The minimum Gasteiger partial charge on any atom is -0.457 e. The van der Waals surface area contributed by atoms with Gasteiger partial charge < -0.3 is 9.73 Å². The van der Waals surface area contributed by atoms with E-state index < -0.39 is 17.6 Å². The maximum atomic E-state index is 12.9. The van der Waals surface area contributed by atoms with E-state index in [1.807, 2.05) is 6.07 Å². The number of amidine groups is 1. The number of rotatable bonds is 3. The SMILES string of the molecule is O=C1NC(=Nc2cc(C(F)(F)F)ccc2Cl)SC1=Cc1ccc(-c2ccccc2Cl)o1. The Bertz CT molecular complexity index is 1240. The van der Waals surface area contributed by atoms with Crippen LogP contribution in [0, 0.1) is 0 Å². The van der Waals surface area contributed by atoms with E-state index in [0.29, 0.717) is 22.1 Å². The number of nitrogens with zero attached hydrogens (tertiary/aromatic N) is 1. The molecule has 158 valence electrons. The average molecular weight is 483 g/mol. The van der Waals surface area contributed by atoms with E-state index in [9.17, 15) is 18.0 Å². The van der Waals surface area contributed by atoms with Crippen molar-refractivity contribution in [2.75, 3.05) is 0 Å². The Hall–Kier alpha value is -2.68. The van der Waals surface area contributed by atoms with Crippen molar-refractivity contribution < 1.29 is 22.4 Å². The highest BCUT2D eigenvalue weighted by Crippen LogP contribution is 2.37. The fourth-order valence-electron chi connectivity index (χ4n) is 2.73. The van der Waals surface area contributed by atoms with Crippen LogP contribution in [0.15, 0.2) is 68.9 Å². The monoisotopic (exact) mass is 482 g/mol. The number of alkyl halides is 3. The van der Waals surface area contributed by atoms with Gasteiger partial charge in [0.1, 0.15) is 11.5 Å². The average Bonchev–Trinajstić information content (AvgIpc) is 3.30. The Kier molecular flexibility index (Phi) is 5.88. The summed E-state index contributed by atoms with van der Waals surface area (Å²) in [4.78, 5) is 16.6. The molecule has 1 aromatic heterocycles. The Morgan fingerprint density at radius 2 is 1.81 bits per heavy atom. The van der Waals surface area contributed by atoms with E-state index in [4.69, 9.17) is 27.6 Å². The fourth-order valence-corrected chi connectivity index (χ4v) is 3.93. The van der Waals surface area contributed by atoms with Crippen molar-refractivity contribution in [3.63, 3.8) is 0 Å². The third-order valence-electron chi connectivity index (χ3n) is 4.19. The molecule has 0 bridgehead atoms. The van der Waals surface area contributed by atoms with Gasteiger partial charge in [0.15, 0.2) is 5.17 Å². The van der Waals surface area contributed by atoms with Crippen LogP contribution in [-0.2, 0) is 11.0 Å². The summed E-state index contributed by atoms with van der Waals surface area (Å²) in [5.41, 5.74) is -0.276. The van der Waals surface area contributed by atoms with E-state index in [1.54, 1.807) is 30.3 Å². The van der Waals surface area contributed by atoms with Gasteiger partial charge in [-0.25, -0.2) is 4.99 Å². The number of carbonyl (C=O) groups excluding carboxylic acids is 1. The van der Waals surface area contributed by atoms with Crippen LogP contribution in [0.3, 0.4) is 0 Å². The maximum Gasteiger partial charge on any atom is 0.416 e. The van der Waals surface area contributed by atoms with Crippen LogP contribution < -0.4 is 5.32 Å². The number of carbonyl (C=O) groups is 1. The molecule has 0 radical (unpaired) electrons. The molecule has 1 saturated heterocycles. The highest BCUT2D eigenvalue weighted by Gasteiger charge is 2.31. The van der Waals surface area contributed by atoms with Crippen LogP contribution in [0.2, 0.25) is 10.0 Å². The van der Waals surface area contributed by atoms with Gasteiger partial charge in [-0.2, -0.15) is 13.2 Å². The van der Waals surface area contributed by atoms with E-state index in [0.717, 1.165) is 30.0 Å². The van der Waals surface area contributed by atoms with Gasteiger partial charge in [-0.05, 0) is 54.2 Å². The highest BCUT2D eigenvalue weighted by molar-refractivity contribution is 8.18. The lowest BCUT2D eigenvalue weighted by Gasteiger charge is -2.08. The fraction of sp³-hybridized carbons (Fsp3) is 0.0476. The molecular formula is C21H11Cl2F3N2O2S. The molecule has 31 heavy (non-hydrogen) atoms. The lowest BCUT2D eigenvalue weighted by Crippen LogP contribution is -2.19. The third-order valence-corrected chi connectivity index (χ3v) is 5.74. The minimum atomic E-state index is -4.53. The molecule has 1 fully saturated rings. The molecule has 0 saturated carbocycles. The Labute approximate surface area is 188 Å². The molecule has 0 atom stereocenters. The smallest absolute Gasteiger partial charge is 0.416 e. The zero-order valence-corrected chi connectivity index (χ0v) is 17.7. The molecular weight excluding hydrogens is 472 g/mol. The quantitative estimate of drug-likeness (QED) is 0.402. The molecule has 1 N–H and O–H groups in total. The molecule has 0 spiro atoms. The molecule has 1 aliphatic rings. The van der Waals surface area contributed by atoms with Crippen molar-refractivity contribution in [1.82, 2.24) is 5.32 Å². The first kappa shape index (κ1) is 21.5. The van der Waals surface area contributed by atoms with Crippen LogP contribution >= 0.6 is 35.0 Å². The first-order valence-corrected chi connectivity index (χ1v) is 10.3. The second-order valence-electron chi connectivity index (χ2n) is 6.33. The van der Waals surface area contributed by atoms with Gasteiger partial charge in [-0.3, -0.25) is 4.79 Å². The number of halogens is 5. The minimum absolute atomic E-state index is 0.0307. The number of benzene rings is 2.